The van der Waals surface area contributed by atoms with Crippen molar-refractivity contribution in [3.05, 3.63) is 68.3 Å². The van der Waals surface area contributed by atoms with E-state index in [1.807, 2.05) is 12.1 Å². The summed E-state index contributed by atoms with van der Waals surface area (Å²) in [6.45, 7) is 4.36. The molecule has 100 valence electrons. The van der Waals surface area contributed by atoms with E-state index in [0.29, 0.717) is 12.1 Å². The van der Waals surface area contributed by atoms with Gasteiger partial charge in [0.05, 0.1) is 0 Å². The van der Waals surface area contributed by atoms with E-state index in [4.69, 9.17) is 11.6 Å². The van der Waals surface area contributed by atoms with E-state index in [9.17, 15) is 0 Å². The van der Waals surface area contributed by atoms with Gasteiger partial charge in [0.2, 0.25) is 0 Å². The molecule has 0 bridgehead atoms. The van der Waals surface area contributed by atoms with Crippen molar-refractivity contribution in [1.29, 1.82) is 0 Å². The molecule has 2 atom stereocenters. The van der Waals surface area contributed by atoms with Gasteiger partial charge >= 0.3 is 0 Å². The zero-order chi connectivity index (χ0) is 13.8. The van der Waals surface area contributed by atoms with Crippen LogP contribution < -0.4 is 5.32 Å². The second kappa shape index (κ2) is 6.73. The first-order chi connectivity index (χ1) is 9.06. The molecule has 0 saturated carbocycles. The quantitative estimate of drug-likeness (QED) is 0.699. The minimum Gasteiger partial charge on any atom is -0.304 e. The number of benzene rings is 2. The summed E-state index contributed by atoms with van der Waals surface area (Å²) >= 11 is 8.24. The van der Waals surface area contributed by atoms with Gasteiger partial charge in [0.1, 0.15) is 0 Å². The lowest BCUT2D eigenvalue weighted by Gasteiger charge is -2.21. The zero-order valence-corrected chi connectivity index (χ0v) is 13.9. The fourth-order valence-corrected chi connectivity index (χ4v) is 2.56. The van der Waals surface area contributed by atoms with E-state index in [1.54, 1.807) is 0 Å². The van der Waals surface area contributed by atoms with Crippen LogP contribution >= 0.6 is 34.2 Å². The number of hydrogen-bond acceptors (Lipinski definition) is 1. The molecule has 2 aromatic rings. The Hall–Kier alpha value is -0.580. The van der Waals surface area contributed by atoms with Crippen LogP contribution in [0.25, 0.3) is 0 Å². The minimum atomic E-state index is 0.298. The van der Waals surface area contributed by atoms with Gasteiger partial charge in [-0.3, -0.25) is 0 Å². The Morgan fingerprint density at radius 1 is 0.842 bits per heavy atom. The third kappa shape index (κ3) is 4.20. The number of hydrogen-bond donors (Lipinski definition) is 1. The van der Waals surface area contributed by atoms with Crippen molar-refractivity contribution in [3.63, 3.8) is 0 Å². The predicted molar refractivity (Wildman–Crippen MR) is 90.6 cm³/mol. The van der Waals surface area contributed by atoms with E-state index in [1.165, 1.54) is 14.7 Å². The first-order valence-corrected chi connectivity index (χ1v) is 7.79. The van der Waals surface area contributed by atoms with Crippen LogP contribution in [0.4, 0.5) is 0 Å². The van der Waals surface area contributed by atoms with Crippen LogP contribution in [0, 0.1) is 3.57 Å². The highest BCUT2D eigenvalue weighted by Gasteiger charge is 2.10. The van der Waals surface area contributed by atoms with Crippen LogP contribution in [-0.2, 0) is 0 Å². The molecule has 2 aromatic carbocycles. The summed E-state index contributed by atoms with van der Waals surface area (Å²) in [5.41, 5.74) is 2.56. The maximum absolute atomic E-state index is 5.91. The Morgan fingerprint density at radius 2 is 1.26 bits per heavy atom. The van der Waals surface area contributed by atoms with Gasteiger partial charge in [0.25, 0.3) is 0 Å². The molecule has 0 fully saturated rings. The summed E-state index contributed by atoms with van der Waals surface area (Å²) < 4.78 is 1.26. The molecule has 0 aliphatic carbocycles. The molecule has 3 heteroatoms. The van der Waals surface area contributed by atoms with Gasteiger partial charge < -0.3 is 5.32 Å². The zero-order valence-electron chi connectivity index (χ0n) is 11.0. The van der Waals surface area contributed by atoms with Gasteiger partial charge in [0, 0.05) is 20.7 Å². The van der Waals surface area contributed by atoms with Crippen molar-refractivity contribution in [3.8, 4) is 0 Å². The Labute approximate surface area is 133 Å². The van der Waals surface area contributed by atoms with E-state index in [-0.39, 0.29) is 0 Å². The third-order valence-corrected chi connectivity index (χ3v) is 4.21. The molecule has 1 nitrogen and oxygen atoms in total. The largest absolute Gasteiger partial charge is 0.304 e. The van der Waals surface area contributed by atoms with E-state index < -0.39 is 0 Å². The molecule has 0 aromatic heterocycles. The third-order valence-electron chi connectivity index (χ3n) is 3.24. The second-order valence-corrected chi connectivity index (χ2v) is 6.40. The van der Waals surface area contributed by atoms with Crippen LogP contribution in [-0.4, -0.2) is 0 Å². The van der Waals surface area contributed by atoms with Gasteiger partial charge in [0.15, 0.2) is 0 Å². The molecule has 2 rings (SSSR count). The topological polar surface area (TPSA) is 12.0 Å². The lowest BCUT2D eigenvalue weighted by Crippen LogP contribution is -2.22. The average Bonchev–Trinajstić information content (AvgIpc) is 2.40. The summed E-state index contributed by atoms with van der Waals surface area (Å²) in [7, 11) is 0. The molecule has 0 aliphatic rings. The molecule has 0 spiro atoms. The SMILES string of the molecule is CC(N[C@@H](C)c1ccc(Cl)cc1)c1ccc(I)cc1. The van der Waals surface area contributed by atoms with Crippen LogP contribution in [0.1, 0.15) is 37.1 Å². The molecule has 0 amide bonds. The Bertz CT molecular complexity index is 472. The summed E-state index contributed by atoms with van der Waals surface area (Å²) in [5, 5.41) is 4.39. The summed E-state index contributed by atoms with van der Waals surface area (Å²) in [5.74, 6) is 0. The lowest BCUT2D eigenvalue weighted by molar-refractivity contribution is 0.494. The fraction of sp³-hybridized carbons (Fsp3) is 0.250. The maximum Gasteiger partial charge on any atom is 0.0406 e. The van der Waals surface area contributed by atoms with Crippen LogP contribution in [0.15, 0.2) is 48.5 Å². The van der Waals surface area contributed by atoms with Crippen molar-refractivity contribution >= 4 is 34.2 Å². The van der Waals surface area contributed by atoms with E-state index in [0.717, 1.165) is 5.02 Å². The normalized spacial score (nSPS) is 14.1. The number of rotatable bonds is 4. The minimum absolute atomic E-state index is 0.298. The van der Waals surface area contributed by atoms with Gasteiger partial charge in [-0.25, -0.2) is 0 Å². The van der Waals surface area contributed by atoms with Crippen LogP contribution in [0.5, 0.6) is 0 Å². The first-order valence-electron chi connectivity index (χ1n) is 6.33. The van der Waals surface area contributed by atoms with Crippen molar-refractivity contribution in [2.75, 3.05) is 0 Å². The van der Waals surface area contributed by atoms with Crippen LogP contribution in [0.3, 0.4) is 0 Å². The van der Waals surface area contributed by atoms with Crippen molar-refractivity contribution < 1.29 is 0 Å². The van der Waals surface area contributed by atoms with Gasteiger partial charge in [-0.15, -0.1) is 0 Å². The molecule has 0 saturated heterocycles. The molecule has 0 aliphatic heterocycles. The molecular weight excluding hydrogens is 369 g/mol. The summed E-state index contributed by atoms with van der Waals surface area (Å²) in [4.78, 5) is 0. The smallest absolute Gasteiger partial charge is 0.0406 e. The highest BCUT2D eigenvalue weighted by atomic mass is 127. The Kier molecular flexibility index (Phi) is 5.25. The van der Waals surface area contributed by atoms with Gasteiger partial charge in [-0.1, -0.05) is 35.9 Å². The molecule has 19 heavy (non-hydrogen) atoms. The molecule has 0 heterocycles. The van der Waals surface area contributed by atoms with Gasteiger partial charge in [-0.05, 0) is 71.8 Å². The predicted octanol–water partition coefficient (Wildman–Crippen LogP) is 5.36. The van der Waals surface area contributed by atoms with E-state index in [2.05, 4.69) is 78.2 Å². The highest BCUT2D eigenvalue weighted by molar-refractivity contribution is 14.1. The second-order valence-electron chi connectivity index (χ2n) is 4.71. The van der Waals surface area contributed by atoms with Crippen molar-refractivity contribution in [1.82, 2.24) is 5.32 Å². The highest BCUT2D eigenvalue weighted by Crippen LogP contribution is 2.21. The average molecular weight is 386 g/mol. The maximum atomic E-state index is 5.91. The Morgan fingerprint density at radius 3 is 1.74 bits per heavy atom. The van der Waals surface area contributed by atoms with E-state index >= 15 is 0 Å². The summed E-state index contributed by atoms with van der Waals surface area (Å²) in [6, 6.07) is 17.3. The molecular formula is C16H17ClIN. The monoisotopic (exact) mass is 385 g/mol. The number of nitrogens with one attached hydrogen (secondary N) is 1. The van der Waals surface area contributed by atoms with Gasteiger partial charge in [-0.2, -0.15) is 0 Å². The Balaban J connectivity index is 2.03. The standard InChI is InChI=1S/C16H17ClIN/c1-11(13-3-7-15(17)8-4-13)19-12(2)14-5-9-16(18)10-6-14/h3-12,19H,1-2H3/t11-,12?/m0/s1. The fourth-order valence-electron chi connectivity index (χ4n) is 2.07. The first kappa shape index (κ1) is 14.8. The van der Waals surface area contributed by atoms with Crippen molar-refractivity contribution in [2.24, 2.45) is 0 Å². The molecule has 1 N–H and O–H groups in total. The lowest BCUT2D eigenvalue weighted by atomic mass is 10.0. The van der Waals surface area contributed by atoms with Crippen molar-refractivity contribution in [2.45, 2.75) is 25.9 Å². The molecule has 0 radical (unpaired) electrons. The number of halogens is 2. The van der Waals surface area contributed by atoms with Crippen LogP contribution in [0.2, 0.25) is 5.02 Å². The summed E-state index contributed by atoms with van der Waals surface area (Å²) in [6.07, 6.45) is 0. The molecule has 1 unspecified atom stereocenters.